The lowest BCUT2D eigenvalue weighted by Crippen LogP contribution is -2.44. The molecule has 1 atom stereocenters. The summed E-state index contributed by atoms with van der Waals surface area (Å²) in [5.74, 6) is -2.37. The minimum absolute atomic E-state index is 0.169. The number of carbonyl (C=O) groups is 3. The molecule has 0 radical (unpaired) electrons. The zero-order valence-electron chi connectivity index (χ0n) is 10.5. The van der Waals surface area contributed by atoms with Gasteiger partial charge in [-0.15, -0.1) is 0 Å². The molecule has 0 aromatic heterocycles. The molecule has 0 bridgehead atoms. The number of carboxylic acids is 1. The van der Waals surface area contributed by atoms with Gasteiger partial charge in [0.05, 0.1) is 0 Å². The lowest BCUT2D eigenvalue weighted by Gasteiger charge is -2.14. The van der Waals surface area contributed by atoms with Gasteiger partial charge in [0.2, 0.25) is 0 Å². The Morgan fingerprint density at radius 1 is 1.26 bits per heavy atom. The summed E-state index contributed by atoms with van der Waals surface area (Å²) in [6.45, 7) is 0.694. The van der Waals surface area contributed by atoms with Crippen LogP contribution in [0.1, 0.15) is 12.5 Å². The molecule has 0 aliphatic carbocycles. The smallest absolute Gasteiger partial charge is 0.326 e. The molecule has 102 valence electrons. The summed E-state index contributed by atoms with van der Waals surface area (Å²) < 4.78 is 4.49. The number of nitrogens with one attached hydrogen (secondary N) is 1. The summed E-state index contributed by atoms with van der Waals surface area (Å²) in [5, 5.41) is 11.3. The van der Waals surface area contributed by atoms with E-state index in [1.807, 2.05) is 6.07 Å². The molecule has 0 aliphatic heterocycles. The van der Waals surface area contributed by atoms with Gasteiger partial charge in [-0.1, -0.05) is 30.3 Å². The number of ether oxygens (including phenoxy) is 1. The number of hydrogen-bond acceptors (Lipinski definition) is 4. The quantitative estimate of drug-likeness (QED) is 0.724. The fourth-order valence-electron chi connectivity index (χ4n) is 1.45. The normalized spacial score (nSPS) is 11.4. The van der Waals surface area contributed by atoms with Gasteiger partial charge >= 0.3 is 11.9 Å². The standard InChI is InChI=1S/C13H15NO5/c1-9(15)19-8-12(16)14-11(13(17)18)7-10-5-3-2-4-6-10/h2-6,11H,7-8H2,1H3,(H,14,16)(H,17,18)/t11-/m1/s1. The Labute approximate surface area is 110 Å². The van der Waals surface area contributed by atoms with Crippen molar-refractivity contribution in [2.75, 3.05) is 6.61 Å². The molecule has 1 aromatic rings. The Kier molecular flexibility index (Phi) is 5.53. The molecule has 0 saturated heterocycles. The van der Waals surface area contributed by atoms with E-state index in [1.54, 1.807) is 24.3 Å². The third kappa shape index (κ3) is 5.67. The zero-order chi connectivity index (χ0) is 14.3. The highest BCUT2D eigenvalue weighted by atomic mass is 16.5. The van der Waals surface area contributed by atoms with Crippen LogP contribution in [0.15, 0.2) is 30.3 Å². The maximum absolute atomic E-state index is 11.4. The number of aliphatic carboxylic acids is 1. The van der Waals surface area contributed by atoms with E-state index in [9.17, 15) is 14.4 Å². The van der Waals surface area contributed by atoms with Crippen molar-refractivity contribution in [3.8, 4) is 0 Å². The summed E-state index contributed by atoms with van der Waals surface area (Å²) in [6.07, 6.45) is 0.169. The third-order valence-corrected chi connectivity index (χ3v) is 2.32. The van der Waals surface area contributed by atoms with Crippen molar-refractivity contribution in [2.45, 2.75) is 19.4 Å². The predicted octanol–water partition coefficient (Wildman–Crippen LogP) is 0.362. The van der Waals surface area contributed by atoms with Crippen molar-refractivity contribution in [3.63, 3.8) is 0 Å². The molecule has 6 nitrogen and oxygen atoms in total. The number of carbonyl (C=O) groups excluding carboxylic acids is 2. The van der Waals surface area contributed by atoms with E-state index in [-0.39, 0.29) is 6.42 Å². The fraction of sp³-hybridized carbons (Fsp3) is 0.308. The number of amides is 1. The highest BCUT2D eigenvalue weighted by Gasteiger charge is 2.20. The molecular weight excluding hydrogens is 250 g/mol. The van der Waals surface area contributed by atoms with Crippen LogP contribution in [0.25, 0.3) is 0 Å². The number of rotatable bonds is 6. The van der Waals surface area contributed by atoms with E-state index in [4.69, 9.17) is 5.11 Å². The maximum atomic E-state index is 11.4. The number of esters is 1. The molecule has 0 spiro atoms. The van der Waals surface area contributed by atoms with Gasteiger partial charge < -0.3 is 15.2 Å². The first-order valence-electron chi connectivity index (χ1n) is 5.68. The first-order chi connectivity index (χ1) is 8.99. The van der Waals surface area contributed by atoms with Gasteiger partial charge in [0, 0.05) is 13.3 Å². The molecule has 1 rings (SSSR count). The molecule has 0 heterocycles. The molecule has 6 heteroatoms. The lowest BCUT2D eigenvalue weighted by atomic mass is 10.1. The maximum Gasteiger partial charge on any atom is 0.326 e. The molecule has 0 unspecified atom stereocenters. The highest BCUT2D eigenvalue weighted by Crippen LogP contribution is 2.03. The lowest BCUT2D eigenvalue weighted by molar-refractivity contribution is -0.148. The first kappa shape index (κ1) is 14.7. The van der Waals surface area contributed by atoms with Gasteiger partial charge in [-0.3, -0.25) is 9.59 Å². The van der Waals surface area contributed by atoms with E-state index in [2.05, 4.69) is 10.1 Å². The summed E-state index contributed by atoms with van der Waals surface area (Å²) in [6, 6.07) is 7.88. The Balaban J connectivity index is 2.56. The largest absolute Gasteiger partial charge is 0.480 e. The minimum Gasteiger partial charge on any atom is -0.480 e. The topological polar surface area (TPSA) is 92.7 Å². The van der Waals surface area contributed by atoms with Crippen LogP contribution in [-0.4, -0.2) is 35.6 Å². The molecule has 1 aromatic carbocycles. The number of hydrogen-bond donors (Lipinski definition) is 2. The summed E-state index contributed by atoms with van der Waals surface area (Å²) in [5.41, 5.74) is 0.794. The Bertz CT molecular complexity index is 457. The van der Waals surface area contributed by atoms with E-state index >= 15 is 0 Å². The van der Waals surface area contributed by atoms with Gasteiger partial charge in [0.15, 0.2) is 6.61 Å². The van der Waals surface area contributed by atoms with Gasteiger partial charge in [0.25, 0.3) is 5.91 Å². The van der Waals surface area contributed by atoms with Gasteiger partial charge in [-0.25, -0.2) is 4.79 Å². The van der Waals surface area contributed by atoms with Crippen molar-refractivity contribution < 1.29 is 24.2 Å². The second-order valence-electron chi connectivity index (χ2n) is 3.93. The minimum atomic E-state index is -1.14. The molecule has 0 fully saturated rings. The highest BCUT2D eigenvalue weighted by molar-refractivity contribution is 5.85. The molecule has 19 heavy (non-hydrogen) atoms. The van der Waals surface area contributed by atoms with Crippen LogP contribution >= 0.6 is 0 Å². The van der Waals surface area contributed by atoms with E-state index in [0.717, 1.165) is 5.56 Å². The zero-order valence-corrected chi connectivity index (χ0v) is 10.5. The van der Waals surface area contributed by atoms with Crippen LogP contribution in [0.5, 0.6) is 0 Å². The second kappa shape index (κ2) is 7.15. The Hall–Kier alpha value is -2.37. The SMILES string of the molecule is CC(=O)OCC(=O)N[C@H](Cc1ccccc1)C(=O)O. The predicted molar refractivity (Wildman–Crippen MR) is 66.3 cm³/mol. The van der Waals surface area contributed by atoms with Gasteiger partial charge in [-0.2, -0.15) is 0 Å². The van der Waals surface area contributed by atoms with Crippen LogP contribution in [0.3, 0.4) is 0 Å². The van der Waals surface area contributed by atoms with Crippen LogP contribution in [0.4, 0.5) is 0 Å². The van der Waals surface area contributed by atoms with E-state index in [0.29, 0.717) is 0 Å². The average molecular weight is 265 g/mol. The van der Waals surface area contributed by atoms with E-state index < -0.39 is 30.5 Å². The Morgan fingerprint density at radius 2 is 1.89 bits per heavy atom. The molecular formula is C13H15NO5. The van der Waals surface area contributed by atoms with Crippen molar-refractivity contribution in [3.05, 3.63) is 35.9 Å². The number of benzene rings is 1. The van der Waals surface area contributed by atoms with Crippen LogP contribution in [-0.2, 0) is 25.5 Å². The molecule has 0 saturated carbocycles. The molecule has 0 aliphatic rings. The Morgan fingerprint density at radius 3 is 2.42 bits per heavy atom. The number of carboxylic acid groups (broad SMARTS) is 1. The second-order valence-corrected chi connectivity index (χ2v) is 3.93. The van der Waals surface area contributed by atoms with Crippen molar-refractivity contribution in [1.82, 2.24) is 5.32 Å². The third-order valence-electron chi connectivity index (χ3n) is 2.32. The van der Waals surface area contributed by atoms with Crippen LogP contribution < -0.4 is 5.32 Å². The summed E-state index contributed by atoms with van der Waals surface area (Å²) in [7, 11) is 0. The summed E-state index contributed by atoms with van der Waals surface area (Å²) in [4.78, 5) is 33.0. The summed E-state index contributed by atoms with van der Waals surface area (Å²) >= 11 is 0. The van der Waals surface area contributed by atoms with Crippen molar-refractivity contribution in [2.24, 2.45) is 0 Å². The fourth-order valence-corrected chi connectivity index (χ4v) is 1.45. The average Bonchev–Trinajstić information content (AvgIpc) is 2.36. The first-order valence-corrected chi connectivity index (χ1v) is 5.68. The van der Waals surface area contributed by atoms with Gasteiger partial charge in [0.1, 0.15) is 6.04 Å². The van der Waals surface area contributed by atoms with Crippen molar-refractivity contribution in [1.29, 1.82) is 0 Å². The van der Waals surface area contributed by atoms with E-state index in [1.165, 1.54) is 6.92 Å². The van der Waals surface area contributed by atoms with Crippen molar-refractivity contribution >= 4 is 17.8 Å². The van der Waals surface area contributed by atoms with Crippen LogP contribution in [0.2, 0.25) is 0 Å². The van der Waals surface area contributed by atoms with Crippen LogP contribution in [0, 0.1) is 0 Å². The molecule has 2 N–H and O–H groups in total. The molecule has 1 amide bonds. The monoisotopic (exact) mass is 265 g/mol. The van der Waals surface area contributed by atoms with Gasteiger partial charge in [-0.05, 0) is 5.56 Å².